The number of phenols is 1. The molecule has 1 fully saturated rings. The molecule has 0 spiro atoms. The van der Waals surface area contributed by atoms with E-state index in [2.05, 4.69) is 10.9 Å². The second-order valence-corrected chi connectivity index (χ2v) is 4.68. The van der Waals surface area contributed by atoms with E-state index in [0.29, 0.717) is 5.75 Å². The van der Waals surface area contributed by atoms with Crippen LogP contribution in [0.4, 0.5) is 0 Å². The molecule has 0 saturated carbocycles. The molecule has 1 aliphatic rings. The molecule has 0 bridgehead atoms. The van der Waals surface area contributed by atoms with E-state index in [9.17, 15) is 9.90 Å². The highest BCUT2D eigenvalue weighted by Crippen LogP contribution is 2.39. The summed E-state index contributed by atoms with van der Waals surface area (Å²) in [6.45, 7) is 3.73. The van der Waals surface area contributed by atoms with Crippen LogP contribution in [0.15, 0.2) is 18.2 Å². The zero-order valence-electron chi connectivity index (χ0n) is 10.1. The van der Waals surface area contributed by atoms with Gasteiger partial charge in [-0.05, 0) is 31.5 Å². The van der Waals surface area contributed by atoms with E-state index in [1.54, 1.807) is 18.2 Å². The summed E-state index contributed by atoms with van der Waals surface area (Å²) in [5, 5.41) is 9.53. The molecule has 1 heterocycles. The van der Waals surface area contributed by atoms with Crippen molar-refractivity contribution in [3.8, 4) is 11.5 Å². The van der Waals surface area contributed by atoms with Crippen LogP contribution < -0.4 is 15.6 Å². The number of benzene rings is 1. The average Bonchev–Trinajstić information content (AvgIpc) is 2.55. The van der Waals surface area contributed by atoms with Crippen LogP contribution in [0.5, 0.6) is 11.5 Å². The normalized spacial score (nSPS) is 22.3. The van der Waals surface area contributed by atoms with Gasteiger partial charge in [0.25, 0.3) is 0 Å². The number of nitrogens with one attached hydrogen (secondary N) is 2. The molecule has 5 heteroatoms. The predicted molar refractivity (Wildman–Crippen MR) is 62.5 cm³/mol. The van der Waals surface area contributed by atoms with Crippen LogP contribution in [-0.4, -0.2) is 18.1 Å². The fraction of sp³-hybridized carbons (Fsp3) is 0.417. The molecule has 1 saturated heterocycles. The SMILES string of the molecule is COc1cc(C2NNC(=O)C2(C)C)ccc1O. The highest BCUT2D eigenvalue weighted by atomic mass is 16.5. The molecule has 3 N–H and O–H groups in total. The molecule has 1 aromatic rings. The Hall–Kier alpha value is -1.75. The summed E-state index contributed by atoms with van der Waals surface area (Å²) in [7, 11) is 1.50. The largest absolute Gasteiger partial charge is 0.504 e. The van der Waals surface area contributed by atoms with Gasteiger partial charge in [0.2, 0.25) is 5.91 Å². The lowest BCUT2D eigenvalue weighted by Gasteiger charge is -2.23. The quantitative estimate of drug-likeness (QED) is 0.719. The van der Waals surface area contributed by atoms with Crippen molar-refractivity contribution in [2.75, 3.05) is 7.11 Å². The summed E-state index contributed by atoms with van der Waals surface area (Å²) in [4.78, 5) is 11.6. The molecular formula is C12H16N2O3. The van der Waals surface area contributed by atoms with E-state index in [0.717, 1.165) is 5.56 Å². The van der Waals surface area contributed by atoms with Crippen LogP contribution in [0.25, 0.3) is 0 Å². The van der Waals surface area contributed by atoms with E-state index in [1.165, 1.54) is 7.11 Å². The van der Waals surface area contributed by atoms with E-state index in [4.69, 9.17) is 4.74 Å². The molecular weight excluding hydrogens is 220 g/mol. The van der Waals surface area contributed by atoms with Gasteiger partial charge in [0.15, 0.2) is 11.5 Å². The number of hydrazine groups is 1. The lowest BCUT2D eigenvalue weighted by atomic mass is 9.81. The topological polar surface area (TPSA) is 70.6 Å². The Morgan fingerprint density at radius 1 is 1.41 bits per heavy atom. The molecule has 1 amide bonds. The molecule has 0 radical (unpaired) electrons. The molecule has 2 rings (SSSR count). The van der Waals surface area contributed by atoms with E-state index in [-0.39, 0.29) is 17.7 Å². The number of amides is 1. The zero-order chi connectivity index (χ0) is 12.6. The second kappa shape index (κ2) is 3.92. The Labute approximate surface area is 99.8 Å². The minimum Gasteiger partial charge on any atom is -0.504 e. The first-order valence-corrected chi connectivity index (χ1v) is 5.39. The Bertz CT molecular complexity index is 457. The number of methoxy groups -OCH3 is 1. The summed E-state index contributed by atoms with van der Waals surface area (Å²) in [6.07, 6.45) is 0. The smallest absolute Gasteiger partial charge is 0.241 e. The van der Waals surface area contributed by atoms with Gasteiger partial charge in [-0.25, -0.2) is 5.43 Å². The first-order valence-electron chi connectivity index (χ1n) is 5.39. The molecule has 17 heavy (non-hydrogen) atoms. The maximum Gasteiger partial charge on any atom is 0.241 e. The third kappa shape index (κ3) is 1.82. The van der Waals surface area contributed by atoms with Crippen LogP contribution in [-0.2, 0) is 4.79 Å². The summed E-state index contributed by atoms with van der Waals surface area (Å²) < 4.78 is 5.06. The number of rotatable bonds is 2. The van der Waals surface area contributed by atoms with Crippen molar-refractivity contribution in [1.82, 2.24) is 10.9 Å². The number of carbonyl (C=O) groups excluding carboxylic acids is 1. The monoisotopic (exact) mass is 236 g/mol. The highest BCUT2D eigenvalue weighted by Gasteiger charge is 2.43. The number of ether oxygens (including phenoxy) is 1. The molecule has 1 aromatic carbocycles. The van der Waals surface area contributed by atoms with E-state index < -0.39 is 5.41 Å². The first-order chi connectivity index (χ1) is 7.96. The molecule has 92 valence electrons. The third-order valence-corrected chi connectivity index (χ3v) is 3.17. The van der Waals surface area contributed by atoms with Crippen LogP contribution in [0.2, 0.25) is 0 Å². The molecule has 0 aromatic heterocycles. The van der Waals surface area contributed by atoms with Crippen LogP contribution in [0.1, 0.15) is 25.5 Å². The van der Waals surface area contributed by atoms with Gasteiger partial charge in [0.1, 0.15) is 0 Å². The summed E-state index contributed by atoms with van der Waals surface area (Å²) in [5.41, 5.74) is 5.92. The lowest BCUT2D eigenvalue weighted by molar-refractivity contribution is -0.126. The van der Waals surface area contributed by atoms with Crippen molar-refractivity contribution < 1.29 is 14.6 Å². The number of aromatic hydroxyl groups is 1. The fourth-order valence-corrected chi connectivity index (χ4v) is 1.98. The Balaban J connectivity index is 2.38. The summed E-state index contributed by atoms with van der Waals surface area (Å²) >= 11 is 0. The molecule has 1 atom stereocenters. The number of phenolic OH excluding ortho intramolecular Hbond substituents is 1. The van der Waals surface area contributed by atoms with Gasteiger partial charge >= 0.3 is 0 Å². The maximum atomic E-state index is 11.6. The van der Waals surface area contributed by atoms with Crippen molar-refractivity contribution in [2.45, 2.75) is 19.9 Å². The lowest BCUT2D eigenvalue weighted by Crippen LogP contribution is -2.28. The number of hydrogen-bond donors (Lipinski definition) is 3. The van der Waals surface area contributed by atoms with Crippen molar-refractivity contribution >= 4 is 5.91 Å². The Kier molecular flexibility index (Phi) is 2.71. The van der Waals surface area contributed by atoms with Crippen molar-refractivity contribution in [3.63, 3.8) is 0 Å². The minimum absolute atomic E-state index is 0.0467. The van der Waals surface area contributed by atoms with Gasteiger partial charge in [0.05, 0.1) is 18.6 Å². The van der Waals surface area contributed by atoms with Crippen LogP contribution in [0, 0.1) is 5.41 Å². The minimum atomic E-state index is -0.540. The van der Waals surface area contributed by atoms with Crippen LogP contribution in [0.3, 0.4) is 0 Å². The summed E-state index contributed by atoms with van der Waals surface area (Å²) in [6, 6.07) is 4.92. The number of carbonyl (C=O) groups is 1. The van der Waals surface area contributed by atoms with E-state index in [1.807, 2.05) is 13.8 Å². The molecule has 1 unspecified atom stereocenters. The van der Waals surface area contributed by atoms with Gasteiger partial charge in [-0.1, -0.05) is 6.07 Å². The van der Waals surface area contributed by atoms with Crippen molar-refractivity contribution in [2.24, 2.45) is 5.41 Å². The molecule has 1 aliphatic heterocycles. The molecule has 5 nitrogen and oxygen atoms in total. The average molecular weight is 236 g/mol. The fourth-order valence-electron chi connectivity index (χ4n) is 1.98. The van der Waals surface area contributed by atoms with Gasteiger partial charge in [0, 0.05) is 0 Å². The third-order valence-electron chi connectivity index (χ3n) is 3.17. The van der Waals surface area contributed by atoms with Gasteiger partial charge in [-0.3, -0.25) is 10.2 Å². The maximum absolute atomic E-state index is 11.6. The van der Waals surface area contributed by atoms with Gasteiger partial charge in [-0.15, -0.1) is 0 Å². The van der Waals surface area contributed by atoms with Crippen molar-refractivity contribution in [1.29, 1.82) is 0 Å². The summed E-state index contributed by atoms with van der Waals surface area (Å²) in [5.74, 6) is 0.445. The number of hydrogen-bond acceptors (Lipinski definition) is 4. The van der Waals surface area contributed by atoms with Crippen LogP contribution >= 0.6 is 0 Å². The Morgan fingerprint density at radius 2 is 2.12 bits per heavy atom. The molecule has 0 aliphatic carbocycles. The second-order valence-electron chi connectivity index (χ2n) is 4.68. The zero-order valence-corrected chi connectivity index (χ0v) is 10.1. The predicted octanol–water partition coefficient (Wildman–Crippen LogP) is 1.10. The standard InChI is InChI=1S/C12H16N2O3/c1-12(2)10(13-14-11(12)16)7-4-5-8(15)9(6-7)17-3/h4-6,10,13,15H,1-3H3,(H,14,16). The van der Waals surface area contributed by atoms with Crippen molar-refractivity contribution in [3.05, 3.63) is 23.8 Å². The van der Waals surface area contributed by atoms with Gasteiger partial charge < -0.3 is 9.84 Å². The van der Waals surface area contributed by atoms with E-state index >= 15 is 0 Å². The first kappa shape index (κ1) is 11.7. The van der Waals surface area contributed by atoms with Gasteiger partial charge in [-0.2, -0.15) is 0 Å². The Morgan fingerprint density at radius 3 is 2.65 bits per heavy atom. The highest BCUT2D eigenvalue weighted by molar-refractivity contribution is 5.84.